The van der Waals surface area contributed by atoms with Gasteiger partial charge >= 0.3 is 0 Å². The van der Waals surface area contributed by atoms with Crippen molar-refractivity contribution in [2.45, 2.75) is 123 Å². The first-order chi connectivity index (χ1) is 11.8. The average molecular weight is 358 g/mol. The number of unbranched alkanes of at least 4 members (excludes halogenated alkanes) is 15. The van der Waals surface area contributed by atoms with Crippen molar-refractivity contribution in [1.29, 1.82) is 0 Å². The lowest BCUT2D eigenvalue weighted by molar-refractivity contribution is -0.118. The molecule has 0 heterocycles. The van der Waals surface area contributed by atoms with Crippen molar-refractivity contribution in [2.24, 2.45) is 0 Å². The van der Waals surface area contributed by atoms with E-state index in [1.165, 1.54) is 103 Å². The first-order valence-electron chi connectivity index (χ1n) is 10.7. The zero-order chi connectivity index (χ0) is 17.7. The van der Waals surface area contributed by atoms with E-state index in [0.717, 1.165) is 5.75 Å². The molecule has 0 radical (unpaired) electrons. The minimum atomic E-state index is 0.150. The Hall–Kier alpha value is -0.180. The molecule has 0 rings (SSSR count). The quantitative estimate of drug-likeness (QED) is 0.192. The molecule has 0 unspecified atom stereocenters. The van der Waals surface area contributed by atoms with E-state index in [0.29, 0.717) is 6.42 Å². The summed E-state index contributed by atoms with van der Waals surface area (Å²) in [6.45, 7) is 4.18. The molecule has 1 N–H and O–H groups in total. The third-order valence-corrected chi connectivity index (χ3v) is 5.47. The maximum absolute atomic E-state index is 11.1. The van der Waals surface area contributed by atoms with Crippen LogP contribution in [-0.2, 0) is 4.79 Å². The van der Waals surface area contributed by atoms with Crippen LogP contribution < -0.4 is 4.72 Å². The minimum absolute atomic E-state index is 0.150. The summed E-state index contributed by atoms with van der Waals surface area (Å²) < 4.78 is 2.86. The van der Waals surface area contributed by atoms with Gasteiger partial charge in [-0.25, -0.2) is 0 Å². The van der Waals surface area contributed by atoms with Gasteiger partial charge in [0.2, 0.25) is 5.91 Å². The van der Waals surface area contributed by atoms with Crippen molar-refractivity contribution in [3.05, 3.63) is 0 Å². The standard InChI is InChI=1S/C21H43NOS/c1-3-5-6-7-8-9-10-11-12-13-14-15-16-17-18-19-20-24-22-21(23)4-2/h3-20H2,1-2H3,(H,22,23). The van der Waals surface area contributed by atoms with Crippen molar-refractivity contribution in [2.75, 3.05) is 5.75 Å². The molecule has 0 aromatic carbocycles. The van der Waals surface area contributed by atoms with E-state index in [-0.39, 0.29) is 5.91 Å². The third kappa shape index (κ3) is 19.9. The molecular formula is C21H43NOS. The molecular weight excluding hydrogens is 314 g/mol. The molecule has 0 fully saturated rings. The molecule has 0 aromatic heterocycles. The fraction of sp³-hybridized carbons (Fsp3) is 0.952. The highest BCUT2D eigenvalue weighted by molar-refractivity contribution is 7.97. The maximum Gasteiger partial charge on any atom is 0.229 e. The van der Waals surface area contributed by atoms with Gasteiger partial charge in [0.1, 0.15) is 0 Å². The Bertz CT molecular complexity index is 258. The molecule has 0 spiro atoms. The Morgan fingerprint density at radius 1 is 0.625 bits per heavy atom. The molecule has 3 heteroatoms. The summed E-state index contributed by atoms with van der Waals surface area (Å²) in [7, 11) is 0. The second-order valence-corrected chi connectivity index (χ2v) is 7.93. The Morgan fingerprint density at radius 2 is 1.00 bits per heavy atom. The summed E-state index contributed by atoms with van der Waals surface area (Å²) in [6.07, 6.45) is 23.1. The van der Waals surface area contributed by atoms with Gasteiger partial charge in [-0.05, 0) is 6.42 Å². The smallest absolute Gasteiger partial charge is 0.229 e. The summed E-state index contributed by atoms with van der Waals surface area (Å²) in [5.74, 6) is 1.21. The zero-order valence-electron chi connectivity index (χ0n) is 16.5. The zero-order valence-corrected chi connectivity index (χ0v) is 17.4. The predicted molar refractivity (Wildman–Crippen MR) is 110 cm³/mol. The van der Waals surface area contributed by atoms with Crippen LogP contribution in [-0.4, -0.2) is 11.7 Å². The Balaban J connectivity index is 2.99. The van der Waals surface area contributed by atoms with Crippen LogP contribution >= 0.6 is 11.9 Å². The number of carbonyl (C=O) groups excluding carboxylic acids is 1. The van der Waals surface area contributed by atoms with Crippen LogP contribution in [0, 0.1) is 0 Å². The number of amides is 1. The number of hydrogen-bond acceptors (Lipinski definition) is 2. The summed E-state index contributed by atoms with van der Waals surface area (Å²) in [6, 6.07) is 0. The first kappa shape index (κ1) is 23.8. The summed E-state index contributed by atoms with van der Waals surface area (Å²) in [5, 5.41) is 0. The van der Waals surface area contributed by atoms with Gasteiger partial charge in [-0.15, -0.1) is 0 Å². The molecule has 144 valence electrons. The van der Waals surface area contributed by atoms with Crippen LogP contribution in [0.3, 0.4) is 0 Å². The van der Waals surface area contributed by atoms with E-state index in [1.54, 1.807) is 11.9 Å². The van der Waals surface area contributed by atoms with Crippen LogP contribution in [0.2, 0.25) is 0 Å². The lowest BCUT2D eigenvalue weighted by Crippen LogP contribution is -2.14. The SMILES string of the molecule is CCCCCCCCCCCCCCCCCCSNC(=O)CC. The second kappa shape index (κ2) is 20.9. The number of rotatable bonds is 19. The Morgan fingerprint density at radius 3 is 1.38 bits per heavy atom. The van der Waals surface area contributed by atoms with Crippen molar-refractivity contribution in [3.8, 4) is 0 Å². The van der Waals surface area contributed by atoms with Gasteiger partial charge in [0.25, 0.3) is 0 Å². The van der Waals surface area contributed by atoms with Gasteiger partial charge in [0, 0.05) is 12.2 Å². The van der Waals surface area contributed by atoms with Crippen LogP contribution in [0.25, 0.3) is 0 Å². The van der Waals surface area contributed by atoms with Crippen LogP contribution in [0.5, 0.6) is 0 Å². The van der Waals surface area contributed by atoms with E-state index in [4.69, 9.17) is 0 Å². The molecule has 1 amide bonds. The van der Waals surface area contributed by atoms with Gasteiger partial charge in [-0.3, -0.25) is 4.79 Å². The van der Waals surface area contributed by atoms with Crippen molar-refractivity contribution in [3.63, 3.8) is 0 Å². The van der Waals surface area contributed by atoms with Gasteiger partial charge in [0.15, 0.2) is 0 Å². The van der Waals surface area contributed by atoms with Crippen LogP contribution in [0.15, 0.2) is 0 Å². The number of nitrogens with one attached hydrogen (secondary N) is 1. The summed E-state index contributed by atoms with van der Waals surface area (Å²) in [5.41, 5.74) is 0. The Labute approximate surface area is 156 Å². The third-order valence-electron chi connectivity index (χ3n) is 4.61. The second-order valence-electron chi connectivity index (χ2n) is 7.03. The predicted octanol–water partition coefficient (Wildman–Crippen LogP) is 7.42. The van der Waals surface area contributed by atoms with Crippen LogP contribution in [0.4, 0.5) is 0 Å². The summed E-state index contributed by atoms with van der Waals surface area (Å²) in [4.78, 5) is 11.1. The molecule has 0 atom stereocenters. The molecule has 0 aliphatic rings. The highest BCUT2D eigenvalue weighted by atomic mass is 32.2. The normalized spacial score (nSPS) is 10.9. The van der Waals surface area contributed by atoms with Gasteiger partial charge in [-0.2, -0.15) is 0 Å². The topological polar surface area (TPSA) is 29.1 Å². The molecule has 0 aromatic rings. The molecule has 0 aliphatic carbocycles. The molecule has 2 nitrogen and oxygen atoms in total. The lowest BCUT2D eigenvalue weighted by Gasteiger charge is -2.04. The average Bonchev–Trinajstić information content (AvgIpc) is 2.60. The first-order valence-corrected chi connectivity index (χ1v) is 11.7. The van der Waals surface area contributed by atoms with E-state index >= 15 is 0 Å². The maximum atomic E-state index is 11.1. The molecule has 0 bridgehead atoms. The Kier molecular flexibility index (Phi) is 20.7. The van der Waals surface area contributed by atoms with E-state index in [2.05, 4.69) is 11.6 Å². The highest BCUT2D eigenvalue weighted by Crippen LogP contribution is 2.14. The fourth-order valence-corrected chi connectivity index (χ4v) is 3.68. The van der Waals surface area contributed by atoms with Gasteiger partial charge in [0.05, 0.1) is 0 Å². The molecule has 0 saturated carbocycles. The van der Waals surface area contributed by atoms with E-state index in [1.807, 2.05) is 6.92 Å². The summed E-state index contributed by atoms with van der Waals surface area (Å²) >= 11 is 1.57. The molecule has 24 heavy (non-hydrogen) atoms. The van der Waals surface area contributed by atoms with Gasteiger partial charge < -0.3 is 4.72 Å². The van der Waals surface area contributed by atoms with Crippen LogP contribution in [0.1, 0.15) is 123 Å². The largest absolute Gasteiger partial charge is 0.300 e. The number of hydrogen-bond donors (Lipinski definition) is 1. The van der Waals surface area contributed by atoms with Gasteiger partial charge in [-0.1, -0.05) is 122 Å². The van der Waals surface area contributed by atoms with Crippen molar-refractivity contribution < 1.29 is 4.79 Å². The van der Waals surface area contributed by atoms with E-state index < -0.39 is 0 Å². The fourth-order valence-electron chi connectivity index (χ4n) is 2.93. The van der Waals surface area contributed by atoms with E-state index in [9.17, 15) is 4.79 Å². The van der Waals surface area contributed by atoms with Crippen molar-refractivity contribution in [1.82, 2.24) is 4.72 Å². The number of carbonyl (C=O) groups is 1. The molecule has 0 saturated heterocycles. The van der Waals surface area contributed by atoms with Crippen molar-refractivity contribution >= 4 is 17.9 Å². The minimum Gasteiger partial charge on any atom is -0.300 e. The monoisotopic (exact) mass is 357 g/mol. The molecule has 0 aliphatic heterocycles. The highest BCUT2D eigenvalue weighted by Gasteiger charge is 1.97. The lowest BCUT2D eigenvalue weighted by atomic mass is 10.0.